The van der Waals surface area contributed by atoms with Crippen molar-refractivity contribution in [1.82, 2.24) is 9.97 Å². The molecule has 2 aromatic rings. The van der Waals surface area contributed by atoms with Gasteiger partial charge in [-0.05, 0) is 30.5 Å². The number of H-pyrrole nitrogens is 2. The fraction of sp³-hybridized carbons (Fsp3) is 0.294. The molecule has 0 amide bonds. The minimum Gasteiger partial charge on any atom is -0.313 e. The van der Waals surface area contributed by atoms with Gasteiger partial charge in [-0.2, -0.15) is 0 Å². The number of rotatable bonds is 4. The maximum absolute atomic E-state index is 11.5. The minimum atomic E-state index is -0.526. The lowest BCUT2D eigenvalue weighted by Crippen LogP contribution is -2.23. The molecule has 2 N–H and O–H groups in total. The Bertz CT molecular complexity index is 758. The first-order valence-electron chi connectivity index (χ1n) is 7.12. The smallest absolute Gasteiger partial charge is 0.313 e. The van der Waals surface area contributed by atoms with Gasteiger partial charge in [0.1, 0.15) is 5.56 Å². The SMILES string of the molecule is CCCCCc1ccc(C#Cc2c[nH]c(=O)[nH]c2=O)cc1. The van der Waals surface area contributed by atoms with Crippen LogP contribution in [0.3, 0.4) is 0 Å². The molecule has 0 fully saturated rings. The summed E-state index contributed by atoms with van der Waals surface area (Å²) in [6.07, 6.45) is 6.08. The monoisotopic (exact) mass is 282 g/mol. The van der Waals surface area contributed by atoms with Crippen LogP contribution < -0.4 is 11.2 Å². The zero-order chi connectivity index (χ0) is 15.1. The Morgan fingerprint density at radius 1 is 1.05 bits per heavy atom. The van der Waals surface area contributed by atoms with Crippen molar-refractivity contribution < 1.29 is 0 Å². The normalized spacial score (nSPS) is 9.95. The van der Waals surface area contributed by atoms with E-state index in [0.29, 0.717) is 0 Å². The Balaban J connectivity index is 2.08. The van der Waals surface area contributed by atoms with Crippen molar-refractivity contribution in [2.45, 2.75) is 32.6 Å². The fourth-order valence-corrected chi connectivity index (χ4v) is 1.98. The van der Waals surface area contributed by atoms with E-state index >= 15 is 0 Å². The second-order valence-electron chi connectivity index (χ2n) is 4.89. The number of hydrogen-bond donors (Lipinski definition) is 2. The second-order valence-corrected chi connectivity index (χ2v) is 4.89. The van der Waals surface area contributed by atoms with Gasteiger partial charge in [0.05, 0.1) is 0 Å². The van der Waals surface area contributed by atoms with Crippen molar-refractivity contribution in [2.24, 2.45) is 0 Å². The molecule has 4 nitrogen and oxygen atoms in total. The van der Waals surface area contributed by atoms with E-state index in [1.807, 2.05) is 12.1 Å². The third kappa shape index (κ3) is 4.50. The number of hydrogen-bond acceptors (Lipinski definition) is 2. The average molecular weight is 282 g/mol. The molecular formula is C17H18N2O2. The molecule has 0 aliphatic carbocycles. The van der Waals surface area contributed by atoms with E-state index in [-0.39, 0.29) is 5.56 Å². The number of aryl methyl sites for hydroxylation is 1. The predicted molar refractivity (Wildman–Crippen MR) is 83.3 cm³/mol. The first-order chi connectivity index (χ1) is 10.2. The third-order valence-corrected chi connectivity index (χ3v) is 3.18. The zero-order valence-electron chi connectivity index (χ0n) is 12.0. The van der Waals surface area contributed by atoms with Crippen molar-refractivity contribution >= 4 is 0 Å². The summed E-state index contributed by atoms with van der Waals surface area (Å²) in [7, 11) is 0. The lowest BCUT2D eigenvalue weighted by atomic mass is 10.1. The Labute approximate surface area is 123 Å². The molecule has 0 unspecified atom stereocenters. The molecule has 0 radical (unpaired) electrons. The number of aromatic amines is 2. The van der Waals surface area contributed by atoms with Crippen LogP contribution in [0.5, 0.6) is 0 Å². The van der Waals surface area contributed by atoms with Crippen molar-refractivity contribution in [3.63, 3.8) is 0 Å². The molecule has 0 aliphatic rings. The van der Waals surface area contributed by atoms with Crippen LogP contribution in [0, 0.1) is 11.8 Å². The summed E-state index contributed by atoms with van der Waals surface area (Å²) in [5.74, 6) is 5.69. The largest absolute Gasteiger partial charge is 0.325 e. The van der Waals surface area contributed by atoms with Crippen LogP contribution in [0.2, 0.25) is 0 Å². The van der Waals surface area contributed by atoms with Crippen LogP contribution in [-0.2, 0) is 6.42 Å². The molecule has 21 heavy (non-hydrogen) atoms. The molecule has 4 heteroatoms. The van der Waals surface area contributed by atoms with E-state index in [2.05, 4.69) is 40.9 Å². The maximum Gasteiger partial charge on any atom is 0.325 e. The molecule has 2 rings (SSSR count). The van der Waals surface area contributed by atoms with Crippen LogP contribution >= 0.6 is 0 Å². The van der Waals surface area contributed by atoms with Gasteiger partial charge in [0.2, 0.25) is 0 Å². The predicted octanol–water partition coefficient (Wildman–Crippen LogP) is 2.20. The molecule has 0 spiro atoms. The summed E-state index contributed by atoms with van der Waals surface area (Å²) in [5.41, 5.74) is 1.40. The number of nitrogens with one attached hydrogen (secondary N) is 2. The van der Waals surface area contributed by atoms with E-state index in [4.69, 9.17) is 0 Å². The van der Waals surface area contributed by atoms with Gasteiger partial charge in [-0.15, -0.1) is 0 Å². The first kappa shape index (κ1) is 14.9. The summed E-state index contributed by atoms with van der Waals surface area (Å²) in [6.45, 7) is 2.19. The highest BCUT2D eigenvalue weighted by Gasteiger charge is 1.96. The summed E-state index contributed by atoms with van der Waals surface area (Å²) in [6, 6.07) is 8.04. The van der Waals surface area contributed by atoms with Gasteiger partial charge in [-0.1, -0.05) is 43.7 Å². The molecule has 0 aliphatic heterocycles. The number of unbranched alkanes of at least 4 members (excludes halogenated alkanes) is 2. The lowest BCUT2D eigenvalue weighted by Gasteiger charge is -2.00. The molecule has 0 bridgehead atoms. The summed E-state index contributed by atoms with van der Waals surface area (Å²) in [4.78, 5) is 26.9. The highest BCUT2D eigenvalue weighted by atomic mass is 16.2. The van der Waals surface area contributed by atoms with E-state index in [9.17, 15) is 9.59 Å². The minimum absolute atomic E-state index is 0.252. The first-order valence-corrected chi connectivity index (χ1v) is 7.12. The molecule has 0 atom stereocenters. The molecule has 1 heterocycles. The fourth-order valence-electron chi connectivity index (χ4n) is 1.98. The van der Waals surface area contributed by atoms with Crippen molar-refractivity contribution in [1.29, 1.82) is 0 Å². The van der Waals surface area contributed by atoms with Gasteiger partial charge in [-0.25, -0.2) is 4.79 Å². The van der Waals surface area contributed by atoms with E-state index < -0.39 is 11.2 Å². The van der Waals surface area contributed by atoms with Gasteiger partial charge in [-0.3, -0.25) is 9.78 Å². The molecule has 0 saturated carbocycles. The topological polar surface area (TPSA) is 65.7 Å². The van der Waals surface area contributed by atoms with Gasteiger partial charge in [0.15, 0.2) is 0 Å². The van der Waals surface area contributed by atoms with Crippen molar-refractivity contribution in [3.8, 4) is 11.8 Å². The van der Waals surface area contributed by atoms with Crippen molar-refractivity contribution in [3.05, 3.63) is 68.0 Å². The van der Waals surface area contributed by atoms with Gasteiger partial charge >= 0.3 is 5.69 Å². The van der Waals surface area contributed by atoms with Crippen LogP contribution in [-0.4, -0.2) is 9.97 Å². The van der Waals surface area contributed by atoms with E-state index in [1.54, 1.807) is 0 Å². The second kappa shape index (κ2) is 7.30. The Morgan fingerprint density at radius 3 is 2.48 bits per heavy atom. The highest BCUT2D eigenvalue weighted by Crippen LogP contribution is 2.08. The average Bonchev–Trinajstić information content (AvgIpc) is 2.48. The van der Waals surface area contributed by atoms with Crippen LogP contribution in [0.25, 0.3) is 0 Å². The Hall–Kier alpha value is -2.54. The zero-order valence-corrected chi connectivity index (χ0v) is 12.0. The Kier molecular flexibility index (Phi) is 5.16. The molecular weight excluding hydrogens is 264 g/mol. The molecule has 1 aromatic carbocycles. The molecule has 1 aromatic heterocycles. The van der Waals surface area contributed by atoms with E-state index in [0.717, 1.165) is 12.0 Å². The lowest BCUT2D eigenvalue weighted by molar-refractivity contribution is 0.717. The van der Waals surface area contributed by atoms with Gasteiger partial charge in [0, 0.05) is 11.8 Å². The highest BCUT2D eigenvalue weighted by molar-refractivity contribution is 5.41. The van der Waals surface area contributed by atoms with Gasteiger partial charge in [0.25, 0.3) is 5.56 Å². The molecule has 108 valence electrons. The van der Waals surface area contributed by atoms with Crippen LogP contribution in [0.15, 0.2) is 40.1 Å². The van der Waals surface area contributed by atoms with E-state index in [1.165, 1.54) is 31.0 Å². The maximum atomic E-state index is 11.5. The summed E-state index contributed by atoms with van der Waals surface area (Å²) < 4.78 is 0. The van der Waals surface area contributed by atoms with Crippen molar-refractivity contribution in [2.75, 3.05) is 0 Å². The molecule has 0 saturated heterocycles. The standard InChI is InChI=1S/C17H18N2O2/c1-2-3-4-5-13-6-8-14(9-7-13)10-11-15-12-18-17(21)19-16(15)20/h6-9,12H,2-5H2,1H3,(H2,18,19,20,21). The van der Waals surface area contributed by atoms with Crippen LogP contribution in [0.4, 0.5) is 0 Å². The Morgan fingerprint density at radius 2 is 1.81 bits per heavy atom. The van der Waals surface area contributed by atoms with Gasteiger partial charge < -0.3 is 4.98 Å². The quantitative estimate of drug-likeness (QED) is 0.667. The van der Waals surface area contributed by atoms with Crippen LogP contribution in [0.1, 0.15) is 42.9 Å². The summed E-state index contributed by atoms with van der Waals surface area (Å²) >= 11 is 0. The number of aromatic nitrogens is 2. The third-order valence-electron chi connectivity index (χ3n) is 3.18. The summed E-state index contributed by atoms with van der Waals surface area (Å²) in [5, 5.41) is 0. The number of benzene rings is 1.